The summed E-state index contributed by atoms with van der Waals surface area (Å²) < 4.78 is 3.47. The lowest BCUT2D eigenvalue weighted by molar-refractivity contribution is 0.590. The minimum absolute atomic E-state index is 0.109. The molecule has 1 atom stereocenters. The van der Waals surface area contributed by atoms with Crippen LogP contribution in [0.1, 0.15) is 18.4 Å². The molecule has 0 bridgehead atoms. The summed E-state index contributed by atoms with van der Waals surface area (Å²) in [7, 11) is 0. The minimum Gasteiger partial charge on any atom is -0.303 e. The predicted molar refractivity (Wildman–Crippen MR) is 105 cm³/mol. The van der Waals surface area contributed by atoms with Gasteiger partial charge in [0.15, 0.2) is 5.65 Å². The normalized spacial score (nSPS) is 12.6. The Hall–Kier alpha value is -3.81. The number of hydrogen-bond acceptors (Lipinski definition) is 5. The number of imidazole rings is 2. The van der Waals surface area contributed by atoms with Gasteiger partial charge in [0.05, 0.1) is 17.2 Å². The van der Waals surface area contributed by atoms with Gasteiger partial charge in [0.2, 0.25) is 5.95 Å². The molecule has 28 heavy (non-hydrogen) atoms. The van der Waals surface area contributed by atoms with E-state index in [0.29, 0.717) is 23.7 Å². The molecule has 4 heterocycles. The molecule has 1 aromatic carbocycles. The lowest BCUT2D eigenvalue weighted by Gasteiger charge is -2.12. The van der Waals surface area contributed by atoms with Crippen LogP contribution in [0.25, 0.3) is 28.1 Å². The second-order valence-corrected chi connectivity index (χ2v) is 6.74. The molecule has 1 unspecified atom stereocenters. The summed E-state index contributed by atoms with van der Waals surface area (Å²) in [5.74, 6) is 0.584. The van der Waals surface area contributed by atoms with Crippen molar-refractivity contribution >= 4 is 22.2 Å². The quantitative estimate of drug-likeness (QED) is 0.524. The largest absolute Gasteiger partial charge is 0.327 e. The zero-order valence-electron chi connectivity index (χ0n) is 15.1. The first-order valence-corrected chi connectivity index (χ1v) is 8.98. The van der Waals surface area contributed by atoms with Gasteiger partial charge in [-0.2, -0.15) is 4.98 Å². The second kappa shape index (κ2) is 6.41. The third-order valence-electron chi connectivity index (χ3n) is 4.88. The number of benzene rings is 1. The van der Waals surface area contributed by atoms with E-state index in [-0.39, 0.29) is 11.6 Å². The van der Waals surface area contributed by atoms with Crippen LogP contribution in [0.4, 0.5) is 0 Å². The van der Waals surface area contributed by atoms with Crippen molar-refractivity contribution in [3.05, 3.63) is 77.4 Å². The Bertz CT molecular complexity index is 1330. The Morgan fingerprint density at radius 3 is 2.86 bits per heavy atom. The predicted octanol–water partition coefficient (Wildman–Crippen LogP) is 2.66. The van der Waals surface area contributed by atoms with Crippen molar-refractivity contribution in [3.63, 3.8) is 0 Å². The fraction of sp³-hybridized carbons (Fsp3) is 0.150. The molecule has 0 amide bonds. The van der Waals surface area contributed by atoms with Gasteiger partial charge < -0.3 is 4.98 Å². The van der Waals surface area contributed by atoms with Crippen LogP contribution in [0, 0.1) is 0 Å². The average molecular weight is 371 g/mol. The summed E-state index contributed by atoms with van der Waals surface area (Å²) in [4.78, 5) is 33.0. The molecule has 8 nitrogen and oxygen atoms in total. The molecule has 4 aromatic heterocycles. The van der Waals surface area contributed by atoms with Crippen molar-refractivity contribution in [1.29, 1.82) is 0 Å². The van der Waals surface area contributed by atoms with E-state index in [0.717, 1.165) is 16.6 Å². The van der Waals surface area contributed by atoms with Gasteiger partial charge in [-0.15, -0.1) is 0 Å². The molecule has 0 fully saturated rings. The lowest BCUT2D eigenvalue weighted by atomic mass is 10.0. The molecule has 0 saturated carbocycles. The van der Waals surface area contributed by atoms with E-state index in [9.17, 15) is 4.79 Å². The van der Waals surface area contributed by atoms with Crippen LogP contribution < -0.4 is 5.69 Å². The molecule has 0 spiro atoms. The maximum absolute atomic E-state index is 12.5. The maximum Gasteiger partial charge on any atom is 0.327 e. The van der Waals surface area contributed by atoms with Crippen molar-refractivity contribution in [1.82, 2.24) is 34.1 Å². The van der Waals surface area contributed by atoms with Gasteiger partial charge in [-0.25, -0.2) is 14.8 Å². The Balaban J connectivity index is 1.60. The zero-order chi connectivity index (χ0) is 19.1. The van der Waals surface area contributed by atoms with Crippen LogP contribution >= 0.6 is 0 Å². The molecule has 8 heteroatoms. The number of para-hydroxylation sites is 2. The van der Waals surface area contributed by atoms with Crippen LogP contribution in [0.2, 0.25) is 0 Å². The third-order valence-corrected chi connectivity index (χ3v) is 4.88. The van der Waals surface area contributed by atoms with E-state index < -0.39 is 0 Å². The molecule has 0 saturated heterocycles. The molecule has 5 aromatic rings. The number of aromatic amines is 1. The summed E-state index contributed by atoms with van der Waals surface area (Å²) in [5, 5.41) is 0. The molecular weight excluding hydrogens is 354 g/mol. The molecular formula is C20H17N7O. The molecule has 0 aliphatic carbocycles. The summed E-state index contributed by atoms with van der Waals surface area (Å²) in [6.45, 7) is 2.55. The van der Waals surface area contributed by atoms with Crippen LogP contribution in [0.5, 0.6) is 0 Å². The number of hydrogen-bond donors (Lipinski definition) is 1. The number of pyridine rings is 1. The fourth-order valence-electron chi connectivity index (χ4n) is 3.39. The average Bonchev–Trinajstić information content (AvgIpc) is 3.29. The maximum atomic E-state index is 12.5. The first kappa shape index (κ1) is 16.4. The summed E-state index contributed by atoms with van der Waals surface area (Å²) >= 11 is 0. The zero-order valence-corrected chi connectivity index (χ0v) is 15.1. The number of nitrogens with one attached hydrogen (secondary N) is 1. The standard InChI is InChI=1S/C20H17N7O/c1-13(14-5-4-8-21-9-14)11-26-18-16(24-20(26)28)10-22-19(25-18)27-12-23-15-6-2-3-7-17(15)27/h2-10,12-13H,11H2,1H3,(H,24,28). The smallest absolute Gasteiger partial charge is 0.303 e. The topological polar surface area (TPSA) is 94.3 Å². The minimum atomic E-state index is -0.201. The number of nitrogens with zero attached hydrogens (tertiary/aromatic N) is 6. The van der Waals surface area contributed by atoms with E-state index in [1.807, 2.05) is 47.2 Å². The highest BCUT2D eigenvalue weighted by Crippen LogP contribution is 2.19. The van der Waals surface area contributed by atoms with Gasteiger partial charge in [-0.05, 0) is 23.8 Å². The van der Waals surface area contributed by atoms with E-state index in [4.69, 9.17) is 0 Å². The molecule has 0 radical (unpaired) electrons. The van der Waals surface area contributed by atoms with Gasteiger partial charge in [-0.3, -0.25) is 14.1 Å². The molecule has 1 N–H and O–H groups in total. The highest BCUT2D eigenvalue weighted by molar-refractivity contribution is 5.77. The van der Waals surface area contributed by atoms with Gasteiger partial charge >= 0.3 is 5.69 Å². The van der Waals surface area contributed by atoms with Crippen molar-refractivity contribution < 1.29 is 0 Å². The highest BCUT2D eigenvalue weighted by Gasteiger charge is 2.15. The molecule has 0 aliphatic heterocycles. The monoisotopic (exact) mass is 371 g/mol. The highest BCUT2D eigenvalue weighted by atomic mass is 16.1. The Morgan fingerprint density at radius 1 is 1.11 bits per heavy atom. The van der Waals surface area contributed by atoms with Crippen molar-refractivity contribution in [2.75, 3.05) is 0 Å². The SMILES string of the molecule is CC(Cn1c(=O)[nH]c2cnc(-n3cnc4ccccc43)nc21)c1cccnc1. The Morgan fingerprint density at radius 2 is 2.00 bits per heavy atom. The summed E-state index contributed by atoms with van der Waals surface area (Å²) in [6, 6.07) is 11.7. The van der Waals surface area contributed by atoms with E-state index in [1.165, 1.54) is 0 Å². The van der Waals surface area contributed by atoms with E-state index in [2.05, 4.69) is 31.8 Å². The third kappa shape index (κ3) is 2.66. The van der Waals surface area contributed by atoms with Gasteiger partial charge in [0.25, 0.3) is 0 Å². The Kier molecular flexibility index (Phi) is 3.75. The van der Waals surface area contributed by atoms with Crippen LogP contribution in [0.15, 0.2) is 66.1 Å². The van der Waals surface area contributed by atoms with Crippen molar-refractivity contribution in [2.45, 2.75) is 19.4 Å². The van der Waals surface area contributed by atoms with Crippen LogP contribution in [-0.4, -0.2) is 34.1 Å². The lowest BCUT2D eigenvalue weighted by Crippen LogP contribution is -2.20. The summed E-state index contributed by atoms with van der Waals surface area (Å²) in [5.41, 5.74) is 3.82. The second-order valence-electron chi connectivity index (χ2n) is 6.74. The number of rotatable bonds is 4. The van der Waals surface area contributed by atoms with Crippen LogP contribution in [0.3, 0.4) is 0 Å². The van der Waals surface area contributed by atoms with Gasteiger partial charge in [-0.1, -0.05) is 25.1 Å². The summed E-state index contributed by atoms with van der Waals surface area (Å²) in [6.07, 6.45) is 6.89. The van der Waals surface area contributed by atoms with E-state index >= 15 is 0 Å². The first-order chi connectivity index (χ1) is 13.7. The van der Waals surface area contributed by atoms with Crippen molar-refractivity contribution in [3.8, 4) is 5.95 Å². The number of fused-ring (bicyclic) bond motifs is 2. The Labute approximate surface area is 159 Å². The van der Waals surface area contributed by atoms with Crippen molar-refractivity contribution in [2.24, 2.45) is 0 Å². The number of aromatic nitrogens is 7. The van der Waals surface area contributed by atoms with E-state index in [1.54, 1.807) is 23.3 Å². The molecule has 138 valence electrons. The molecule has 5 rings (SSSR count). The number of H-pyrrole nitrogens is 1. The van der Waals surface area contributed by atoms with Crippen LogP contribution in [-0.2, 0) is 6.54 Å². The first-order valence-electron chi connectivity index (χ1n) is 8.98. The van der Waals surface area contributed by atoms with Gasteiger partial charge in [0.1, 0.15) is 11.8 Å². The molecule has 0 aliphatic rings. The van der Waals surface area contributed by atoms with Gasteiger partial charge in [0, 0.05) is 24.9 Å². The fourth-order valence-corrected chi connectivity index (χ4v) is 3.39.